The topological polar surface area (TPSA) is 73.1 Å². The van der Waals surface area contributed by atoms with Crippen molar-refractivity contribution in [1.82, 2.24) is 14.9 Å². The van der Waals surface area contributed by atoms with E-state index in [0.29, 0.717) is 30.8 Å². The van der Waals surface area contributed by atoms with Gasteiger partial charge in [-0.3, -0.25) is 14.8 Å². The van der Waals surface area contributed by atoms with E-state index in [9.17, 15) is 10.1 Å². The molecule has 1 aliphatic heterocycles. The lowest BCUT2D eigenvalue weighted by molar-refractivity contribution is 0.0767. The normalized spacial score (nSPS) is 14.8. The second-order valence-electron chi connectivity index (χ2n) is 6.22. The third kappa shape index (κ3) is 3.61. The maximum absolute atomic E-state index is 12.6. The van der Waals surface area contributed by atoms with Gasteiger partial charge >= 0.3 is 0 Å². The first-order valence-electron chi connectivity index (χ1n) is 8.42. The number of amides is 1. The zero-order valence-corrected chi connectivity index (χ0v) is 14.6. The van der Waals surface area contributed by atoms with E-state index in [1.54, 1.807) is 24.5 Å². The largest absolute Gasteiger partial charge is 0.369 e. The van der Waals surface area contributed by atoms with Crippen molar-refractivity contribution in [2.45, 2.75) is 20.3 Å². The van der Waals surface area contributed by atoms with Gasteiger partial charge < -0.3 is 9.80 Å². The summed E-state index contributed by atoms with van der Waals surface area (Å²) >= 11 is 0. The Morgan fingerprint density at radius 2 is 1.92 bits per heavy atom. The van der Waals surface area contributed by atoms with Gasteiger partial charge in [-0.2, -0.15) is 5.26 Å². The fourth-order valence-corrected chi connectivity index (χ4v) is 3.23. The molecule has 0 radical (unpaired) electrons. The zero-order valence-electron chi connectivity index (χ0n) is 14.6. The van der Waals surface area contributed by atoms with E-state index in [4.69, 9.17) is 0 Å². The Morgan fingerprint density at radius 1 is 1.16 bits per heavy atom. The minimum absolute atomic E-state index is 0.0341. The van der Waals surface area contributed by atoms with E-state index in [1.807, 2.05) is 24.8 Å². The molecule has 0 unspecified atom stereocenters. The van der Waals surface area contributed by atoms with E-state index in [1.165, 1.54) is 0 Å². The Balaban J connectivity index is 1.79. The first-order valence-corrected chi connectivity index (χ1v) is 8.42. The Morgan fingerprint density at radius 3 is 2.64 bits per heavy atom. The summed E-state index contributed by atoms with van der Waals surface area (Å²) in [6, 6.07) is 7.73. The Kier molecular flexibility index (Phi) is 4.94. The van der Waals surface area contributed by atoms with Crippen LogP contribution in [0.1, 0.15) is 33.7 Å². The van der Waals surface area contributed by atoms with Crippen molar-refractivity contribution in [3.63, 3.8) is 0 Å². The summed E-state index contributed by atoms with van der Waals surface area (Å²) in [4.78, 5) is 25.1. The summed E-state index contributed by atoms with van der Waals surface area (Å²) < 4.78 is 0. The molecular weight excluding hydrogens is 314 g/mol. The molecule has 3 heterocycles. The number of pyridine rings is 2. The standard InChI is InChI=1S/C19H21N5O/c1-14-12-18(17(13-20)15(2)22-14)23-8-3-9-24(11-10-23)19(25)16-4-6-21-7-5-16/h4-7,12H,3,8-11H2,1-2H3. The minimum atomic E-state index is 0.0341. The number of nitrogens with zero attached hydrogens (tertiary/aromatic N) is 5. The summed E-state index contributed by atoms with van der Waals surface area (Å²) in [6.07, 6.45) is 4.14. The number of hydrogen-bond donors (Lipinski definition) is 0. The van der Waals surface area contributed by atoms with Crippen LogP contribution in [0.25, 0.3) is 0 Å². The van der Waals surface area contributed by atoms with Crippen LogP contribution in [0.5, 0.6) is 0 Å². The summed E-state index contributed by atoms with van der Waals surface area (Å²) in [5, 5.41) is 9.49. The van der Waals surface area contributed by atoms with Crippen molar-refractivity contribution in [3.05, 3.63) is 53.1 Å². The molecule has 0 aliphatic carbocycles. The first kappa shape index (κ1) is 16.9. The smallest absolute Gasteiger partial charge is 0.254 e. The monoisotopic (exact) mass is 335 g/mol. The first-order chi connectivity index (χ1) is 12.1. The predicted molar refractivity (Wildman–Crippen MR) is 95.4 cm³/mol. The van der Waals surface area contributed by atoms with Gasteiger partial charge in [0.2, 0.25) is 0 Å². The highest BCUT2D eigenvalue weighted by Crippen LogP contribution is 2.24. The number of hydrogen-bond acceptors (Lipinski definition) is 5. The third-order valence-corrected chi connectivity index (χ3v) is 4.47. The molecule has 0 spiro atoms. The molecule has 1 aliphatic rings. The van der Waals surface area contributed by atoms with Gasteiger partial charge in [0.1, 0.15) is 6.07 Å². The second kappa shape index (κ2) is 7.31. The van der Waals surface area contributed by atoms with Gasteiger partial charge in [0.25, 0.3) is 5.91 Å². The number of carbonyl (C=O) groups excluding carboxylic acids is 1. The van der Waals surface area contributed by atoms with Crippen LogP contribution in [-0.4, -0.2) is 47.0 Å². The van der Waals surface area contributed by atoms with Crippen LogP contribution in [0.15, 0.2) is 30.6 Å². The molecular formula is C19H21N5O. The highest BCUT2D eigenvalue weighted by Gasteiger charge is 2.22. The lowest BCUT2D eigenvalue weighted by Gasteiger charge is -2.25. The summed E-state index contributed by atoms with van der Waals surface area (Å²) in [5.41, 5.74) is 3.87. The van der Waals surface area contributed by atoms with Gasteiger partial charge in [-0.05, 0) is 38.5 Å². The second-order valence-corrected chi connectivity index (χ2v) is 6.22. The quantitative estimate of drug-likeness (QED) is 0.842. The van der Waals surface area contributed by atoms with E-state index >= 15 is 0 Å². The SMILES string of the molecule is Cc1cc(N2CCCN(C(=O)c3ccncc3)CC2)c(C#N)c(C)n1. The van der Waals surface area contributed by atoms with Gasteiger partial charge in [-0.25, -0.2) is 0 Å². The maximum atomic E-state index is 12.6. The highest BCUT2D eigenvalue weighted by molar-refractivity contribution is 5.94. The molecule has 6 heteroatoms. The molecule has 0 saturated carbocycles. The van der Waals surface area contributed by atoms with Gasteiger partial charge in [0.05, 0.1) is 16.9 Å². The van der Waals surface area contributed by atoms with Gasteiger partial charge in [-0.15, -0.1) is 0 Å². The van der Waals surface area contributed by atoms with Crippen LogP contribution in [-0.2, 0) is 0 Å². The fraction of sp³-hybridized carbons (Fsp3) is 0.368. The summed E-state index contributed by atoms with van der Waals surface area (Å²) in [5.74, 6) is 0.0341. The number of aryl methyl sites for hydroxylation is 2. The summed E-state index contributed by atoms with van der Waals surface area (Å²) in [6.45, 7) is 6.67. The highest BCUT2D eigenvalue weighted by atomic mass is 16.2. The van der Waals surface area contributed by atoms with Crippen LogP contribution >= 0.6 is 0 Å². The number of nitriles is 1. The molecule has 2 aromatic heterocycles. The van der Waals surface area contributed by atoms with E-state index in [2.05, 4.69) is 20.9 Å². The van der Waals surface area contributed by atoms with Crippen molar-refractivity contribution in [2.24, 2.45) is 0 Å². The number of anilines is 1. The van der Waals surface area contributed by atoms with Crippen molar-refractivity contribution in [2.75, 3.05) is 31.1 Å². The molecule has 0 bridgehead atoms. The average molecular weight is 335 g/mol. The predicted octanol–water partition coefficient (Wildman–Crippen LogP) is 2.32. The lowest BCUT2D eigenvalue weighted by atomic mass is 10.1. The Labute approximate surface area is 147 Å². The van der Waals surface area contributed by atoms with Gasteiger partial charge in [-0.1, -0.05) is 0 Å². The van der Waals surface area contributed by atoms with Crippen LogP contribution in [0.3, 0.4) is 0 Å². The molecule has 1 saturated heterocycles. The summed E-state index contributed by atoms with van der Waals surface area (Å²) in [7, 11) is 0. The molecule has 128 valence electrons. The minimum Gasteiger partial charge on any atom is -0.369 e. The van der Waals surface area contributed by atoms with Crippen LogP contribution in [0, 0.1) is 25.2 Å². The van der Waals surface area contributed by atoms with E-state index in [-0.39, 0.29) is 5.91 Å². The number of aromatic nitrogens is 2. The molecule has 0 atom stereocenters. The molecule has 6 nitrogen and oxygen atoms in total. The molecule has 2 aromatic rings. The van der Waals surface area contributed by atoms with E-state index < -0.39 is 0 Å². The molecule has 1 amide bonds. The van der Waals surface area contributed by atoms with Gasteiger partial charge in [0.15, 0.2) is 0 Å². The lowest BCUT2D eigenvalue weighted by Crippen LogP contribution is -2.35. The van der Waals surface area contributed by atoms with Crippen molar-refractivity contribution in [3.8, 4) is 6.07 Å². The van der Waals surface area contributed by atoms with Crippen LogP contribution < -0.4 is 4.90 Å². The molecule has 3 rings (SSSR count). The van der Waals surface area contributed by atoms with Crippen molar-refractivity contribution >= 4 is 11.6 Å². The fourth-order valence-electron chi connectivity index (χ4n) is 3.23. The molecule has 0 aromatic carbocycles. The molecule has 25 heavy (non-hydrogen) atoms. The van der Waals surface area contributed by atoms with Crippen LogP contribution in [0.4, 0.5) is 5.69 Å². The van der Waals surface area contributed by atoms with Crippen molar-refractivity contribution < 1.29 is 4.79 Å². The molecule has 1 fully saturated rings. The van der Waals surface area contributed by atoms with Crippen LogP contribution in [0.2, 0.25) is 0 Å². The average Bonchev–Trinajstić information content (AvgIpc) is 2.87. The maximum Gasteiger partial charge on any atom is 0.254 e. The zero-order chi connectivity index (χ0) is 17.8. The van der Waals surface area contributed by atoms with Gasteiger partial charge in [0, 0.05) is 49.8 Å². The van der Waals surface area contributed by atoms with E-state index in [0.717, 1.165) is 30.0 Å². The molecule has 0 N–H and O–H groups in total. The number of carbonyl (C=O) groups is 1. The Bertz CT molecular complexity index is 813. The number of rotatable bonds is 2. The third-order valence-electron chi connectivity index (χ3n) is 4.47. The van der Waals surface area contributed by atoms with Crippen molar-refractivity contribution in [1.29, 1.82) is 5.26 Å². The Hall–Kier alpha value is -2.94.